The summed E-state index contributed by atoms with van der Waals surface area (Å²) >= 11 is 0. The number of nitrogens with zero attached hydrogens (tertiary/aromatic N) is 1. The van der Waals surface area contributed by atoms with Gasteiger partial charge < -0.3 is 10.4 Å². The molecule has 0 spiro atoms. The number of anilines is 1. The zero-order valence-corrected chi connectivity index (χ0v) is 13.7. The monoisotopic (exact) mass is 346 g/mol. The van der Waals surface area contributed by atoms with Gasteiger partial charge >= 0.3 is 0 Å². The lowest BCUT2D eigenvalue weighted by Crippen LogP contribution is -2.15. The Kier molecular flexibility index (Phi) is 3.97. The van der Waals surface area contributed by atoms with E-state index in [0.29, 0.717) is 22.6 Å². The first-order valence-corrected chi connectivity index (χ1v) is 8.16. The van der Waals surface area contributed by atoms with Crippen molar-refractivity contribution in [1.82, 2.24) is 0 Å². The van der Waals surface area contributed by atoms with Crippen molar-refractivity contribution >= 4 is 23.0 Å². The second-order valence-electron chi connectivity index (χ2n) is 6.04. The maximum Gasteiger partial charge on any atom is 0.230 e. The molecule has 0 fully saturated rings. The van der Waals surface area contributed by atoms with Crippen LogP contribution in [0.5, 0.6) is 5.75 Å². The van der Waals surface area contributed by atoms with Crippen LogP contribution in [0, 0.1) is 5.82 Å². The Bertz CT molecular complexity index is 1030. The van der Waals surface area contributed by atoms with Crippen LogP contribution in [0.2, 0.25) is 0 Å². The third kappa shape index (κ3) is 3.07. The molecule has 4 rings (SSSR count). The van der Waals surface area contributed by atoms with E-state index in [1.807, 2.05) is 12.1 Å². The molecule has 1 amide bonds. The van der Waals surface area contributed by atoms with Gasteiger partial charge in [-0.3, -0.25) is 4.79 Å². The number of phenols is 1. The van der Waals surface area contributed by atoms with Crippen LogP contribution in [0.25, 0.3) is 11.1 Å². The molecule has 0 saturated heterocycles. The molecule has 1 aliphatic heterocycles. The van der Waals surface area contributed by atoms with Crippen molar-refractivity contribution in [3.8, 4) is 16.9 Å². The number of aromatic hydroxyl groups is 1. The zero-order chi connectivity index (χ0) is 18.1. The minimum absolute atomic E-state index is 0.0676. The Labute approximate surface area is 149 Å². The van der Waals surface area contributed by atoms with Gasteiger partial charge in [0.2, 0.25) is 5.91 Å². The van der Waals surface area contributed by atoms with Gasteiger partial charge in [-0.05, 0) is 47.5 Å². The lowest BCUT2D eigenvalue weighted by molar-refractivity contribution is -0.115. The van der Waals surface area contributed by atoms with Gasteiger partial charge in [0.15, 0.2) is 0 Å². The van der Waals surface area contributed by atoms with Crippen molar-refractivity contribution in [2.45, 2.75) is 6.42 Å². The molecule has 2 N–H and O–H groups in total. The number of hydrogen-bond donors (Lipinski definition) is 2. The molecule has 128 valence electrons. The molecule has 0 aromatic heterocycles. The van der Waals surface area contributed by atoms with Crippen LogP contribution in [-0.4, -0.2) is 16.7 Å². The molecule has 5 heteroatoms. The summed E-state index contributed by atoms with van der Waals surface area (Å²) in [5, 5.41) is 12.9. The van der Waals surface area contributed by atoms with Gasteiger partial charge in [-0.15, -0.1) is 0 Å². The minimum atomic E-state index is -0.296. The molecule has 3 aromatic carbocycles. The topological polar surface area (TPSA) is 61.7 Å². The number of para-hydroxylation sites is 1. The van der Waals surface area contributed by atoms with Crippen molar-refractivity contribution in [1.29, 1.82) is 0 Å². The Hall–Kier alpha value is -3.47. The fourth-order valence-corrected chi connectivity index (χ4v) is 2.96. The van der Waals surface area contributed by atoms with Gasteiger partial charge in [0.1, 0.15) is 11.6 Å². The van der Waals surface area contributed by atoms with E-state index in [0.717, 1.165) is 11.1 Å². The standard InChI is InChI=1S/C21H15FN2O2/c22-15-8-5-13(6-9-15)14-7-10-17-19(11-14)23-18(12-21(26)24-17)16-3-1-2-4-20(16)25/h1-11,25H,12H2,(H,24,26). The fourth-order valence-electron chi connectivity index (χ4n) is 2.96. The molecule has 0 bridgehead atoms. The van der Waals surface area contributed by atoms with E-state index >= 15 is 0 Å². The second-order valence-corrected chi connectivity index (χ2v) is 6.04. The number of phenolic OH excluding ortho intramolecular Hbond substituents is 1. The molecule has 0 saturated carbocycles. The molecule has 4 nitrogen and oxygen atoms in total. The Morgan fingerprint density at radius 1 is 0.962 bits per heavy atom. The van der Waals surface area contributed by atoms with E-state index in [9.17, 15) is 14.3 Å². The van der Waals surface area contributed by atoms with Crippen LogP contribution in [-0.2, 0) is 4.79 Å². The summed E-state index contributed by atoms with van der Waals surface area (Å²) in [5.74, 6) is -0.409. The van der Waals surface area contributed by atoms with Crippen LogP contribution in [0.1, 0.15) is 12.0 Å². The molecular weight excluding hydrogens is 331 g/mol. The first kappa shape index (κ1) is 16.0. The number of aliphatic imine (C=N–C) groups is 1. The molecule has 0 atom stereocenters. The second kappa shape index (κ2) is 6.44. The number of fused-ring (bicyclic) bond motifs is 1. The normalized spacial score (nSPS) is 13.4. The van der Waals surface area contributed by atoms with E-state index in [-0.39, 0.29) is 23.9 Å². The van der Waals surface area contributed by atoms with Gasteiger partial charge in [-0.2, -0.15) is 0 Å². The van der Waals surface area contributed by atoms with Gasteiger partial charge in [-0.25, -0.2) is 9.38 Å². The number of halogens is 1. The Morgan fingerprint density at radius 2 is 1.69 bits per heavy atom. The maximum atomic E-state index is 13.2. The van der Waals surface area contributed by atoms with Crippen molar-refractivity contribution in [3.05, 3.63) is 78.1 Å². The number of benzene rings is 3. The summed E-state index contributed by atoms with van der Waals surface area (Å²) in [7, 11) is 0. The zero-order valence-electron chi connectivity index (χ0n) is 13.7. The average Bonchev–Trinajstić information content (AvgIpc) is 2.80. The summed E-state index contributed by atoms with van der Waals surface area (Å²) < 4.78 is 13.2. The SMILES string of the molecule is O=C1CC(c2ccccc2O)=Nc2cc(-c3ccc(F)cc3)ccc2N1. The summed E-state index contributed by atoms with van der Waals surface area (Å²) in [6.07, 6.45) is 0.0676. The van der Waals surface area contributed by atoms with E-state index < -0.39 is 0 Å². The van der Waals surface area contributed by atoms with Crippen molar-refractivity contribution in [2.75, 3.05) is 5.32 Å². The molecule has 26 heavy (non-hydrogen) atoms. The number of nitrogens with one attached hydrogen (secondary N) is 1. The number of hydrogen-bond acceptors (Lipinski definition) is 3. The van der Waals surface area contributed by atoms with Crippen LogP contribution < -0.4 is 5.32 Å². The average molecular weight is 346 g/mol. The van der Waals surface area contributed by atoms with E-state index in [2.05, 4.69) is 10.3 Å². The molecule has 0 unspecified atom stereocenters. The lowest BCUT2D eigenvalue weighted by Gasteiger charge is -2.08. The number of amides is 1. The molecule has 3 aromatic rings. The highest BCUT2D eigenvalue weighted by Gasteiger charge is 2.19. The smallest absolute Gasteiger partial charge is 0.230 e. The minimum Gasteiger partial charge on any atom is -0.507 e. The number of carbonyl (C=O) groups excluding carboxylic acids is 1. The molecule has 0 radical (unpaired) electrons. The van der Waals surface area contributed by atoms with Gasteiger partial charge in [-0.1, -0.05) is 30.3 Å². The van der Waals surface area contributed by atoms with Crippen LogP contribution in [0.3, 0.4) is 0 Å². The Morgan fingerprint density at radius 3 is 2.46 bits per heavy atom. The van der Waals surface area contributed by atoms with Crippen LogP contribution >= 0.6 is 0 Å². The predicted molar refractivity (Wildman–Crippen MR) is 99.4 cm³/mol. The first-order valence-electron chi connectivity index (χ1n) is 8.16. The van der Waals surface area contributed by atoms with E-state index in [1.165, 1.54) is 12.1 Å². The van der Waals surface area contributed by atoms with Crippen LogP contribution in [0.15, 0.2) is 71.7 Å². The van der Waals surface area contributed by atoms with Crippen molar-refractivity contribution < 1.29 is 14.3 Å². The molecular formula is C21H15FN2O2. The molecule has 0 aliphatic carbocycles. The summed E-state index contributed by atoms with van der Waals surface area (Å²) in [4.78, 5) is 16.8. The largest absolute Gasteiger partial charge is 0.507 e. The number of carbonyl (C=O) groups is 1. The van der Waals surface area contributed by atoms with Crippen LogP contribution in [0.4, 0.5) is 15.8 Å². The highest BCUT2D eigenvalue weighted by atomic mass is 19.1. The van der Waals surface area contributed by atoms with E-state index in [4.69, 9.17) is 0 Å². The van der Waals surface area contributed by atoms with E-state index in [1.54, 1.807) is 42.5 Å². The maximum absolute atomic E-state index is 13.2. The summed E-state index contributed by atoms with van der Waals surface area (Å²) in [6.45, 7) is 0. The summed E-state index contributed by atoms with van der Waals surface area (Å²) in [5.41, 5.74) is 3.94. The summed E-state index contributed by atoms with van der Waals surface area (Å²) in [6, 6.07) is 18.5. The first-order chi connectivity index (χ1) is 12.6. The van der Waals surface area contributed by atoms with Gasteiger partial charge in [0, 0.05) is 5.56 Å². The number of rotatable bonds is 2. The highest BCUT2D eigenvalue weighted by molar-refractivity contribution is 6.17. The quantitative estimate of drug-likeness (QED) is 0.709. The van der Waals surface area contributed by atoms with Gasteiger partial charge in [0.25, 0.3) is 0 Å². The third-order valence-corrected chi connectivity index (χ3v) is 4.25. The van der Waals surface area contributed by atoms with Crippen molar-refractivity contribution in [2.24, 2.45) is 4.99 Å². The molecule has 1 aliphatic rings. The lowest BCUT2D eigenvalue weighted by atomic mass is 10.0. The highest BCUT2D eigenvalue weighted by Crippen LogP contribution is 2.34. The van der Waals surface area contributed by atoms with Gasteiger partial charge in [0.05, 0.1) is 23.5 Å². The third-order valence-electron chi connectivity index (χ3n) is 4.25. The predicted octanol–water partition coefficient (Wildman–Crippen LogP) is 4.66. The van der Waals surface area contributed by atoms with Crippen molar-refractivity contribution in [3.63, 3.8) is 0 Å². The molecule has 1 heterocycles. The Balaban J connectivity index is 1.83. The fraction of sp³-hybridized carbons (Fsp3) is 0.0476.